The van der Waals surface area contributed by atoms with Crippen LogP contribution in [0.25, 0.3) is 6.08 Å². The van der Waals surface area contributed by atoms with Crippen molar-refractivity contribution in [3.63, 3.8) is 0 Å². The molecule has 0 unspecified atom stereocenters. The molecule has 0 spiro atoms. The molecule has 1 aliphatic heterocycles. The van der Waals surface area contributed by atoms with Gasteiger partial charge in [-0.25, -0.2) is 0 Å². The molecule has 0 bridgehead atoms. The molecule has 2 aromatic rings. The summed E-state index contributed by atoms with van der Waals surface area (Å²) >= 11 is 8.64. The molecule has 3 rings (SSSR count). The van der Waals surface area contributed by atoms with E-state index in [0.29, 0.717) is 5.69 Å². The van der Waals surface area contributed by atoms with Crippen molar-refractivity contribution in [1.82, 2.24) is 5.32 Å². The van der Waals surface area contributed by atoms with Crippen molar-refractivity contribution in [3.8, 4) is 0 Å². The Morgan fingerprint density at radius 2 is 1.80 bits per heavy atom. The lowest BCUT2D eigenvalue weighted by molar-refractivity contribution is -0.122. The Morgan fingerprint density at radius 1 is 1.08 bits per heavy atom. The molecule has 4 nitrogen and oxygen atoms in total. The van der Waals surface area contributed by atoms with E-state index >= 15 is 0 Å². The van der Waals surface area contributed by atoms with Gasteiger partial charge in [-0.3, -0.25) is 19.8 Å². The lowest BCUT2D eigenvalue weighted by Crippen LogP contribution is -2.54. The summed E-state index contributed by atoms with van der Waals surface area (Å²) in [6.07, 6.45) is 1.61. The van der Waals surface area contributed by atoms with Gasteiger partial charge in [-0.1, -0.05) is 40.2 Å². The second kappa shape index (κ2) is 6.90. The normalized spacial score (nSPS) is 16.4. The van der Waals surface area contributed by atoms with Gasteiger partial charge in [0.05, 0.1) is 5.69 Å². The van der Waals surface area contributed by atoms with E-state index < -0.39 is 11.8 Å². The molecule has 0 aliphatic carbocycles. The van der Waals surface area contributed by atoms with Crippen LogP contribution >= 0.6 is 28.1 Å². The van der Waals surface area contributed by atoms with Gasteiger partial charge in [0.15, 0.2) is 5.11 Å². The molecule has 6 heteroatoms. The number of thiocarbonyl (C=S) groups is 1. The Hall–Kier alpha value is -2.31. The fourth-order valence-electron chi connectivity index (χ4n) is 2.65. The third kappa shape index (κ3) is 3.41. The zero-order valence-electron chi connectivity index (χ0n) is 13.7. The number of rotatable bonds is 2. The van der Waals surface area contributed by atoms with Gasteiger partial charge in [0.25, 0.3) is 11.8 Å². The van der Waals surface area contributed by atoms with Crippen LogP contribution in [0.3, 0.4) is 0 Å². The number of carbonyl (C=O) groups excluding carboxylic acids is 2. The first kappa shape index (κ1) is 17.5. The molecule has 0 radical (unpaired) electrons. The summed E-state index contributed by atoms with van der Waals surface area (Å²) in [5.41, 5.74) is 3.38. The molecule has 1 fully saturated rings. The summed E-state index contributed by atoms with van der Waals surface area (Å²) in [6.45, 7) is 3.82. The van der Waals surface area contributed by atoms with E-state index in [1.807, 2.05) is 50.2 Å². The van der Waals surface area contributed by atoms with E-state index in [9.17, 15) is 9.59 Å². The van der Waals surface area contributed by atoms with Gasteiger partial charge < -0.3 is 0 Å². The van der Waals surface area contributed by atoms with Gasteiger partial charge in [0, 0.05) is 4.47 Å². The van der Waals surface area contributed by atoms with Crippen LogP contribution in [0.15, 0.2) is 52.5 Å². The average Bonchev–Trinajstić information content (AvgIpc) is 2.55. The summed E-state index contributed by atoms with van der Waals surface area (Å²) in [5.74, 6) is -0.910. The molecule has 1 heterocycles. The largest absolute Gasteiger partial charge is 0.298 e. The fraction of sp³-hybridized carbons (Fsp3) is 0.105. The van der Waals surface area contributed by atoms with Crippen molar-refractivity contribution in [2.24, 2.45) is 0 Å². The predicted molar refractivity (Wildman–Crippen MR) is 106 cm³/mol. The van der Waals surface area contributed by atoms with E-state index in [1.54, 1.807) is 12.1 Å². The Morgan fingerprint density at radius 3 is 2.48 bits per heavy atom. The standard InChI is InChI=1S/C19H15BrN2O2S/c1-11-5-3-4-6-13(11)10-15-17(23)21-19(25)22(18(15)24)16-8-7-14(20)9-12(16)2/h3-10H,1-2H3,(H,21,23,25)/b15-10+. The molecule has 126 valence electrons. The highest BCUT2D eigenvalue weighted by Crippen LogP contribution is 2.27. The van der Waals surface area contributed by atoms with Crippen molar-refractivity contribution in [1.29, 1.82) is 0 Å². The van der Waals surface area contributed by atoms with E-state index in [-0.39, 0.29) is 10.7 Å². The van der Waals surface area contributed by atoms with Crippen LogP contribution in [0.5, 0.6) is 0 Å². The van der Waals surface area contributed by atoms with Gasteiger partial charge in [0.2, 0.25) is 0 Å². The Balaban J connectivity index is 2.07. The zero-order valence-corrected chi connectivity index (χ0v) is 16.1. The first-order valence-corrected chi connectivity index (χ1v) is 8.82. The predicted octanol–water partition coefficient (Wildman–Crippen LogP) is 3.90. The van der Waals surface area contributed by atoms with Crippen LogP contribution in [-0.2, 0) is 9.59 Å². The summed E-state index contributed by atoms with van der Waals surface area (Å²) in [6, 6.07) is 13.1. The van der Waals surface area contributed by atoms with Crippen LogP contribution in [0, 0.1) is 13.8 Å². The smallest absolute Gasteiger partial charge is 0.270 e. The third-order valence-corrected chi connectivity index (χ3v) is 4.77. The van der Waals surface area contributed by atoms with Crippen molar-refractivity contribution in [2.75, 3.05) is 4.90 Å². The minimum absolute atomic E-state index is 0.0604. The van der Waals surface area contributed by atoms with Gasteiger partial charge >= 0.3 is 0 Å². The van der Waals surface area contributed by atoms with E-state index in [0.717, 1.165) is 21.2 Å². The Kier molecular flexibility index (Phi) is 4.83. The number of anilines is 1. The van der Waals surface area contributed by atoms with Crippen molar-refractivity contribution in [3.05, 3.63) is 69.2 Å². The molecule has 2 aromatic carbocycles. The van der Waals surface area contributed by atoms with Crippen LogP contribution in [0.2, 0.25) is 0 Å². The highest BCUT2D eigenvalue weighted by atomic mass is 79.9. The van der Waals surface area contributed by atoms with Crippen LogP contribution in [-0.4, -0.2) is 16.9 Å². The van der Waals surface area contributed by atoms with Crippen LogP contribution in [0.4, 0.5) is 5.69 Å². The molecule has 2 amide bonds. The summed E-state index contributed by atoms with van der Waals surface area (Å²) in [5, 5.41) is 2.69. The number of nitrogens with one attached hydrogen (secondary N) is 1. The second-order valence-electron chi connectivity index (χ2n) is 5.75. The minimum atomic E-state index is -0.482. The van der Waals surface area contributed by atoms with Crippen molar-refractivity contribution >= 4 is 56.8 Å². The van der Waals surface area contributed by atoms with E-state index in [1.165, 1.54) is 4.90 Å². The average molecular weight is 415 g/mol. The lowest BCUT2D eigenvalue weighted by Gasteiger charge is -2.30. The second-order valence-corrected chi connectivity index (χ2v) is 7.05. The van der Waals surface area contributed by atoms with Gasteiger partial charge in [-0.05, 0) is 67.0 Å². The number of hydrogen-bond acceptors (Lipinski definition) is 3. The summed E-state index contributed by atoms with van der Waals surface area (Å²) in [7, 11) is 0. The first-order valence-electron chi connectivity index (χ1n) is 7.61. The molecular weight excluding hydrogens is 400 g/mol. The molecule has 1 aliphatic rings. The lowest BCUT2D eigenvalue weighted by atomic mass is 10.0. The maximum atomic E-state index is 13.0. The molecule has 1 saturated heterocycles. The molecule has 0 saturated carbocycles. The number of aryl methyl sites for hydroxylation is 2. The van der Waals surface area contributed by atoms with Gasteiger partial charge in [0.1, 0.15) is 5.57 Å². The maximum Gasteiger partial charge on any atom is 0.270 e. The summed E-state index contributed by atoms with van der Waals surface area (Å²) in [4.78, 5) is 26.7. The molecule has 0 aromatic heterocycles. The first-order chi connectivity index (χ1) is 11.9. The Bertz CT molecular complexity index is 937. The molecule has 0 atom stereocenters. The quantitative estimate of drug-likeness (QED) is 0.460. The summed E-state index contributed by atoms with van der Waals surface area (Å²) < 4.78 is 0.906. The monoisotopic (exact) mass is 414 g/mol. The number of hydrogen-bond donors (Lipinski definition) is 1. The van der Waals surface area contributed by atoms with Crippen LogP contribution < -0.4 is 10.2 Å². The Labute approximate surface area is 159 Å². The number of halogens is 1. The van der Waals surface area contributed by atoms with E-state index in [4.69, 9.17) is 12.2 Å². The number of carbonyl (C=O) groups is 2. The topological polar surface area (TPSA) is 49.4 Å². The number of benzene rings is 2. The van der Waals surface area contributed by atoms with Gasteiger partial charge in [-0.15, -0.1) is 0 Å². The van der Waals surface area contributed by atoms with Gasteiger partial charge in [-0.2, -0.15) is 0 Å². The highest BCUT2D eigenvalue weighted by molar-refractivity contribution is 9.10. The zero-order chi connectivity index (χ0) is 18.1. The highest BCUT2D eigenvalue weighted by Gasteiger charge is 2.35. The number of nitrogens with zero attached hydrogens (tertiary/aromatic N) is 1. The third-order valence-electron chi connectivity index (χ3n) is 3.99. The number of amides is 2. The molecule has 25 heavy (non-hydrogen) atoms. The SMILES string of the molecule is Cc1ccccc1/C=C1\C(=O)NC(=S)N(c2ccc(Br)cc2C)C1=O. The van der Waals surface area contributed by atoms with Crippen LogP contribution in [0.1, 0.15) is 16.7 Å². The van der Waals surface area contributed by atoms with Crippen molar-refractivity contribution in [2.45, 2.75) is 13.8 Å². The van der Waals surface area contributed by atoms with Crippen molar-refractivity contribution < 1.29 is 9.59 Å². The fourth-order valence-corrected chi connectivity index (χ4v) is 3.40. The molecule has 1 N–H and O–H groups in total. The molecular formula is C19H15BrN2O2S. The minimum Gasteiger partial charge on any atom is -0.298 e. The maximum absolute atomic E-state index is 13.0. The van der Waals surface area contributed by atoms with E-state index in [2.05, 4.69) is 21.2 Å².